The fraction of sp³-hybridized carbons (Fsp3) is 0.750. The van der Waals surface area contributed by atoms with E-state index in [0.717, 1.165) is 17.5 Å². The Kier molecular flexibility index (Phi) is 9.77. The molecule has 7 nitrogen and oxygen atoms in total. The van der Waals surface area contributed by atoms with E-state index in [2.05, 4.69) is 60.0 Å². The van der Waals surface area contributed by atoms with Gasteiger partial charge < -0.3 is 23.8 Å². The number of carbonyl (C=O) groups is 2. The largest absolute Gasteiger partial charge is 0.490 e. The quantitative estimate of drug-likeness (QED) is 0.169. The first-order valence-electron chi connectivity index (χ1n) is 15.4. The predicted octanol–water partition coefficient (Wildman–Crippen LogP) is 6.26. The van der Waals surface area contributed by atoms with E-state index in [1.807, 2.05) is 25.3 Å². The number of hydrogen-bond acceptors (Lipinski definition) is 7. The smallest absolute Gasteiger partial charge is 0.482 e. The van der Waals surface area contributed by atoms with Gasteiger partial charge in [-0.05, 0) is 98.9 Å². The van der Waals surface area contributed by atoms with E-state index in [-0.39, 0.29) is 39.8 Å². The molecule has 1 unspecified atom stereocenters. The molecule has 10 heteroatoms. The van der Waals surface area contributed by atoms with Gasteiger partial charge in [0.25, 0.3) is 0 Å². The molecule has 1 heterocycles. The van der Waals surface area contributed by atoms with Crippen LogP contribution in [0.2, 0.25) is 18.1 Å². The van der Waals surface area contributed by atoms with Crippen LogP contribution in [0.4, 0.5) is 0 Å². The Morgan fingerprint density at radius 1 is 1.19 bits per heavy atom. The summed E-state index contributed by atoms with van der Waals surface area (Å²) in [5, 5.41) is 3.33. The first-order chi connectivity index (χ1) is 19.4. The van der Waals surface area contributed by atoms with Crippen LogP contribution in [0.25, 0.3) is 0 Å². The van der Waals surface area contributed by atoms with Crippen molar-refractivity contribution < 1.29 is 28.1 Å². The Hall–Kier alpha value is -1.33. The summed E-state index contributed by atoms with van der Waals surface area (Å²) in [7, 11) is -2.43. The Morgan fingerprint density at radius 2 is 1.88 bits per heavy atom. The van der Waals surface area contributed by atoms with Crippen molar-refractivity contribution in [1.29, 1.82) is 0 Å². The second kappa shape index (κ2) is 12.2. The molecule has 4 aliphatic rings. The molecule has 5 rings (SSSR count). The zero-order chi connectivity index (χ0) is 31.3. The lowest BCUT2D eigenvalue weighted by Crippen LogP contribution is -2.65. The van der Waals surface area contributed by atoms with Crippen LogP contribution in [-0.4, -0.2) is 70.0 Å². The summed E-state index contributed by atoms with van der Waals surface area (Å²) in [6, 6.07) is 3.88. The summed E-state index contributed by atoms with van der Waals surface area (Å²) in [6.07, 6.45) is 4.59. The second-order valence-corrected chi connectivity index (χ2v) is 20.6. The van der Waals surface area contributed by atoms with Crippen LogP contribution in [0, 0.1) is 24.2 Å². The van der Waals surface area contributed by atoms with Crippen LogP contribution in [0.15, 0.2) is 12.1 Å². The Morgan fingerprint density at radius 3 is 2.48 bits per heavy atom. The van der Waals surface area contributed by atoms with Gasteiger partial charge in [-0.1, -0.05) is 40.7 Å². The lowest BCUT2D eigenvalue weighted by atomic mass is 9.43. The van der Waals surface area contributed by atoms with E-state index in [9.17, 15) is 9.59 Å². The zero-order valence-corrected chi connectivity index (χ0v) is 29.5. The lowest BCUT2D eigenvalue weighted by molar-refractivity contribution is -0.199. The Balaban J connectivity index is 1.52. The van der Waals surface area contributed by atoms with Crippen molar-refractivity contribution in [2.45, 2.75) is 110 Å². The van der Waals surface area contributed by atoms with Gasteiger partial charge in [-0.15, -0.1) is 0 Å². The predicted molar refractivity (Wildman–Crippen MR) is 174 cm³/mol. The molecule has 2 bridgehead atoms. The minimum atomic E-state index is -1.88. The average Bonchev–Trinajstić information content (AvgIpc) is 3.24. The summed E-state index contributed by atoms with van der Waals surface area (Å²) >= 11 is 1.49. The van der Waals surface area contributed by atoms with E-state index in [4.69, 9.17) is 18.5 Å². The van der Waals surface area contributed by atoms with Crippen LogP contribution < -0.4 is 10.1 Å². The molecule has 0 spiro atoms. The normalized spacial score (nSPS) is 27.2. The molecule has 1 aromatic carbocycles. The van der Waals surface area contributed by atoms with E-state index in [0.29, 0.717) is 48.5 Å². The Labute approximate surface area is 259 Å². The maximum atomic E-state index is 12.9. The molecule has 234 valence electrons. The summed E-state index contributed by atoms with van der Waals surface area (Å²) in [5.41, 5.74) is 2.27. The first-order valence-corrected chi connectivity index (χ1v) is 19.7. The molecule has 1 aromatic rings. The van der Waals surface area contributed by atoms with Crippen molar-refractivity contribution in [3.8, 4) is 5.75 Å². The monoisotopic (exact) mass is 617 g/mol. The number of benzene rings is 1. The summed E-state index contributed by atoms with van der Waals surface area (Å²) < 4.78 is 25.7. The number of amides is 1. The third kappa shape index (κ3) is 6.39. The van der Waals surface area contributed by atoms with Crippen molar-refractivity contribution in [3.05, 3.63) is 28.8 Å². The zero-order valence-electron chi connectivity index (χ0n) is 27.6. The van der Waals surface area contributed by atoms with E-state index in [1.165, 1.54) is 18.2 Å². The topological polar surface area (TPSA) is 83.1 Å². The average molecular weight is 618 g/mol. The van der Waals surface area contributed by atoms with Gasteiger partial charge in [-0.25, -0.2) is 0 Å². The highest BCUT2D eigenvalue weighted by Gasteiger charge is 2.68. The second-order valence-electron chi connectivity index (χ2n) is 14.9. The van der Waals surface area contributed by atoms with Gasteiger partial charge >= 0.3 is 7.12 Å². The molecule has 3 aliphatic carbocycles. The maximum Gasteiger partial charge on any atom is 0.482 e. The molecule has 1 saturated heterocycles. The van der Waals surface area contributed by atoms with Crippen LogP contribution in [0.3, 0.4) is 0 Å². The number of nitrogens with one attached hydrogen (secondary N) is 1. The number of Topliss-reactive ketones (excluding diaryl/α,β-unsaturated/α-hetero) is 1. The minimum absolute atomic E-state index is 0.0254. The van der Waals surface area contributed by atoms with Gasteiger partial charge in [0.2, 0.25) is 5.91 Å². The van der Waals surface area contributed by atoms with E-state index < -0.39 is 15.4 Å². The number of rotatable bonds is 12. The van der Waals surface area contributed by atoms with Gasteiger partial charge in [-0.2, -0.15) is 11.8 Å². The van der Waals surface area contributed by atoms with Gasteiger partial charge in [-0.3, -0.25) is 9.59 Å². The number of thioether (sulfide) groups is 1. The molecule has 1 N–H and O–H groups in total. The van der Waals surface area contributed by atoms with Crippen molar-refractivity contribution >= 4 is 38.9 Å². The highest BCUT2D eigenvalue weighted by atomic mass is 32.2. The molecule has 42 heavy (non-hydrogen) atoms. The number of hydrogen-bond donors (Lipinski definition) is 1. The fourth-order valence-corrected chi connectivity index (χ4v) is 8.45. The van der Waals surface area contributed by atoms with Crippen molar-refractivity contribution in [3.63, 3.8) is 0 Å². The van der Waals surface area contributed by atoms with Crippen LogP contribution in [-0.2, 0) is 25.0 Å². The van der Waals surface area contributed by atoms with Crippen LogP contribution in [0.5, 0.6) is 5.75 Å². The molecular weight excluding hydrogens is 565 g/mol. The number of ketones is 1. The molecule has 4 fully saturated rings. The summed E-state index contributed by atoms with van der Waals surface area (Å²) in [6.45, 7) is 22.4. The third-order valence-corrected chi connectivity index (χ3v) is 15.9. The van der Waals surface area contributed by atoms with Crippen LogP contribution in [0.1, 0.15) is 82.8 Å². The first kappa shape index (κ1) is 33.6. The number of ether oxygens (including phenoxy) is 1. The molecule has 0 radical (unpaired) electrons. The minimum Gasteiger partial charge on any atom is -0.490 e. The third-order valence-electron chi connectivity index (χ3n) is 10.9. The van der Waals surface area contributed by atoms with Gasteiger partial charge in [0.15, 0.2) is 14.1 Å². The SMILES string of the molecule is CSCC(=O)N[C@@H](Cc1ccc(OCCO[Si](C)(C)C(C)(C)C)c(C(C)=O)c1C)B1OC2C[C@@H]3C[C@@H](C3(C)C)[C@]2(C)O1. The summed E-state index contributed by atoms with van der Waals surface area (Å²) in [5.74, 6) is 1.54. The Bertz CT molecular complexity index is 1190. The van der Waals surface area contributed by atoms with Crippen LogP contribution >= 0.6 is 11.8 Å². The van der Waals surface area contributed by atoms with Gasteiger partial charge in [0, 0.05) is 0 Å². The highest BCUT2D eigenvalue weighted by Crippen LogP contribution is 2.65. The molecule has 0 aromatic heterocycles. The standard InChI is InChI=1S/C32H52BNO6SSi/c1-20-22(12-13-24(29(20)21(2)35)37-14-15-38-42(10,11)30(3,4)5)16-27(34-28(36)19-41-9)33-39-26-18-23-17-25(31(23,6)7)32(26,8)40-33/h12-13,23,25-27H,14-19H2,1-11H3,(H,34,36)/t23-,25-,26?,27-,32-/m0/s1. The van der Waals surface area contributed by atoms with E-state index in [1.54, 1.807) is 6.92 Å². The van der Waals surface area contributed by atoms with Crippen molar-refractivity contribution in [2.24, 2.45) is 17.3 Å². The molecular formula is C32H52BNO6SSi. The number of carbonyl (C=O) groups excluding carboxylic acids is 2. The molecule has 1 aliphatic heterocycles. The molecule has 5 atom stereocenters. The maximum absolute atomic E-state index is 12.9. The molecule has 1 amide bonds. The van der Waals surface area contributed by atoms with Gasteiger partial charge in [0.05, 0.1) is 35.6 Å². The summed E-state index contributed by atoms with van der Waals surface area (Å²) in [4.78, 5) is 25.7. The molecule has 3 saturated carbocycles. The van der Waals surface area contributed by atoms with Crippen molar-refractivity contribution in [1.82, 2.24) is 5.32 Å². The lowest BCUT2D eigenvalue weighted by Gasteiger charge is -2.64. The van der Waals surface area contributed by atoms with Gasteiger partial charge in [0.1, 0.15) is 12.4 Å². The van der Waals surface area contributed by atoms with Crippen molar-refractivity contribution in [2.75, 3.05) is 25.2 Å². The van der Waals surface area contributed by atoms with E-state index >= 15 is 0 Å². The fourth-order valence-electron chi connectivity index (χ4n) is 7.08. The highest BCUT2D eigenvalue weighted by molar-refractivity contribution is 7.99.